The molecule has 1 saturated carbocycles. The first-order chi connectivity index (χ1) is 14.4. The van der Waals surface area contributed by atoms with Crippen LogP contribution in [0.5, 0.6) is 5.75 Å². The van der Waals surface area contributed by atoms with Gasteiger partial charge in [0, 0.05) is 17.7 Å². The summed E-state index contributed by atoms with van der Waals surface area (Å²) in [6.45, 7) is 1.92. The Kier molecular flexibility index (Phi) is 7.49. The standard InChI is InChI=1S/C21H28N2O6S/c1-3-28-21(24)17-14-19(29-22-17)15-11-12-18(27-2)20(13-15)30(25,26)23-16-9-7-5-4-6-8-10-16/h11-14,16,23H,3-10H2,1-2H3. The topological polar surface area (TPSA) is 108 Å². The molecule has 0 radical (unpaired) electrons. The Morgan fingerprint density at radius 1 is 1.17 bits per heavy atom. The van der Waals surface area contributed by atoms with Gasteiger partial charge in [-0.25, -0.2) is 17.9 Å². The van der Waals surface area contributed by atoms with Crippen LogP contribution < -0.4 is 9.46 Å². The minimum Gasteiger partial charge on any atom is -0.495 e. The van der Waals surface area contributed by atoms with Crippen LogP contribution in [-0.4, -0.2) is 39.3 Å². The number of aromatic nitrogens is 1. The molecule has 0 aliphatic heterocycles. The minimum atomic E-state index is -3.81. The summed E-state index contributed by atoms with van der Waals surface area (Å²) in [7, 11) is -2.38. The molecule has 164 valence electrons. The van der Waals surface area contributed by atoms with Gasteiger partial charge in [0.25, 0.3) is 0 Å². The number of methoxy groups -OCH3 is 1. The number of nitrogens with zero attached hydrogens (tertiary/aromatic N) is 1. The van der Waals surface area contributed by atoms with E-state index >= 15 is 0 Å². The third-order valence-electron chi connectivity index (χ3n) is 5.16. The highest BCUT2D eigenvalue weighted by atomic mass is 32.2. The van der Waals surface area contributed by atoms with Crippen LogP contribution in [-0.2, 0) is 14.8 Å². The zero-order chi connectivity index (χ0) is 21.6. The molecule has 2 aromatic rings. The molecule has 1 aliphatic rings. The lowest BCUT2D eigenvalue weighted by Crippen LogP contribution is -2.35. The molecule has 0 spiro atoms. The number of ether oxygens (including phenoxy) is 2. The van der Waals surface area contributed by atoms with Gasteiger partial charge in [0.1, 0.15) is 10.6 Å². The van der Waals surface area contributed by atoms with E-state index in [0.717, 1.165) is 38.5 Å². The molecule has 30 heavy (non-hydrogen) atoms. The fraction of sp³-hybridized carbons (Fsp3) is 0.524. The van der Waals surface area contributed by atoms with Crippen LogP contribution in [0.15, 0.2) is 33.7 Å². The Morgan fingerprint density at radius 3 is 2.53 bits per heavy atom. The number of carbonyl (C=O) groups excluding carboxylic acids is 1. The second-order valence-electron chi connectivity index (χ2n) is 7.33. The Bertz CT molecular complexity index is 962. The summed E-state index contributed by atoms with van der Waals surface area (Å²) in [5.41, 5.74) is 0.497. The van der Waals surface area contributed by atoms with Crippen molar-refractivity contribution in [3.8, 4) is 17.1 Å². The number of carbonyl (C=O) groups is 1. The second kappa shape index (κ2) is 10.1. The molecule has 0 bridgehead atoms. The molecule has 8 nitrogen and oxygen atoms in total. The summed E-state index contributed by atoms with van der Waals surface area (Å²) >= 11 is 0. The molecular formula is C21H28N2O6S. The van der Waals surface area contributed by atoms with Crippen molar-refractivity contribution in [3.05, 3.63) is 30.0 Å². The highest BCUT2D eigenvalue weighted by molar-refractivity contribution is 7.89. The molecule has 0 amide bonds. The maximum atomic E-state index is 13.1. The normalized spacial score (nSPS) is 15.9. The van der Waals surface area contributed by atoms with Gasteiger partial charge in [-0.2, -0.15) is 0 Å². The largest absolute Gasteiger partial charge is 0.495 e. The fourth-order valence-corrected chi connectivity index (χ4v) is 5.11. The summed E-state index contributed by atoms with van der Waals surface area (Å²) in [5.74, 6) is -0.0925. The van der Waals surface area contributed by atoms with Gasteiger partial charge in [-0.15, -0.1) is 0 Å². The number of benzene rings is 1. The highest BCUT2D eigenvalue weighted by Crippen LogP contribution is 2.31. The summed E-state index contributed by atoms with van der Waals surface area (Å²) in [5, 5.41) is 3.71. The lowest BCUT2D eigenvalue weighted by atomic mass is 9.97. The first-order valence-corrected chi connectivity index (χ1v) is 11.8. The van der Waals surface area contributed by atoms with E-state index < -0.39 is 16.0 Å². The summed E-state index contributed by atoms with van der Waals surface area (Å²) in [4.78, 5) is 11.8. The molecule has 1 fully saturated rings. The molecule has 0 atom stereocenters. The van der Waals surface area contributed by atoms with Crippen molar-refractivity contribution in [2.75, 3.05) is 13.7 Å². The van der Waals surface area contributed by atoms with Crippen LogP contribution >= 0.6 is 0 Å². The molecule has 1 heterocycles. The van der Waals surface area contributed by atoms with Crippen molar-refractivity contribution in [1.29, 1.82) is 0 Å². The molecule has 0 unspecified atom stereocenters. The predicted molar refractivity (Wildman–Crippen MR) is 111 cm³/mol. The molecule has 1 N–H and O–H groups in total. The molecule has 1 aromatic carbocycles. The highest BCUT2D eigenvalue weighted by Gasteiger charge is 2.25. The van der Waals surface area contributed by atoms with Crippen molar-refractivity contribution in [3.63, 3.8) is 0 Å². The number of hydrogen-bond donors (Lipinski definition) is 1. The zero-order valence-electron chi connectivity index (χ0n) is 17.3. The van der Waals surface area contributed by atoms with E-state index in [0.29, 0.717) is 5.56 Å². The Morgan fingerprint density at radius 2 is 1.87 bits per heavy atom. The smallest absolute Gasteiger partial charge is 0.360 e. The molecule has 1 aliphatic carbocycles. The molecular weight excluding hydrogens is 408 g/mol. The quantitative estimate of drug-likeness (QED) is 0.655. The van der Waals surface area contributed by atoms with Gasteiger partial charge in [0.2, 0.25) is 10.0 Å². The average Bonchev–Trinajstić information content (AvgIpc) is 3.20. The van der Waals surface area contributed by atoms with Crippen molar-refractivity contribution < 1.29 is 27.2 Å². The maximum absolute atomic E-state index is 13.1. The first-order valence-electron chi connectivity index (χ1n) is 10.3. The van der Waals surface area contributed by atoms with Gasteiger partial charge in [-0.3, -0.25) is 0 Å². The van der Waals surface area contributed by atoms with Gasteiger partial charge in [-0.05, 0) is 38.0 Å². The van der Waals surface area contributed by atoms with Crippen LogP contribution in [0, 0.1) is 0 Å². The number of esters is 1. The zero-order valence-corrected chi connectivity index (χ0v) is 18.2. The molecule has 1 aromatic heterocycles. The lowest BCUT2D eigenvalue weighted by Gasteiger charge is -2.21. The first kappa shape index (κ1) is 22.3. The minimum absolute atomic E-state index is 0.0265. The Labute approximate surface area is 177 Å². The van der Waals surface area contributed by atoms with Crippen LogP contribution in [0.25, 0.3) is 11.3 Å². The van der Waals surface area contributed by atoms with Crippen molar-refractivity contribution in [1.82, 2.24) is 9.88 Å². The average molecular weight is 437 g/mol. The lowest BCUT2D eigenvalue weighted by molar-refractivity contribution is 0.0514. The second-order valence-corrected chi connectivity index (χ2v) is 9.01. The summed E-state index contributed by atoms with van der Waals surface area (Å²) in [6, 6.07) is 6.03. The van der Waals surface area contributed by atoms with Gasteiger partial charge < -0.3 is 14.0 Å². The van der Waals surface area contributed by atoms with Crippen LogP contribution in [0.4, 0.5) is 0 Å². The summed E-state index contributed by atoms with van der Waals surface area (Å²) in [6.07, 6.45) is 7.15. The van der Waals surface area contributed by atoms with E-state index in [4.69, 9.17) is 14.0 Å². The number of nitrogens with one attached hydrogen (secondary N) is 1. The predicted octanol–water partition coefficient (Wildman–Crippen LogP) is 3.92. The number of rotatable bonds is 7. The van der Waals surface area contributed by atoms with Crippen LogP contribution in [0.2, 0.25) is 0 Å². The van der Waals surface area contributed by atoms with E-state index in [2.05, 4.69) is 9.88 Å². The van der Waals surface area contributed by atoms with E-state index in [1.54, 1.807) is 19.1 Å². The molecule has 0 saturated heterocycles. The van der Waals surface area contributed by atoms with E-state index in [-0.39, 0.29) is 34.7 Å². The van der Waals surface area contributed by atoms with Crippen molar-refractivity contribution >= 4 is 16.0 Å². The van der Waals surface area contributed by atoms with Gasteiger partial charge in [0.05, 0.1) is 13.7 Å². The van der Waals surface area contributed by atoms with E-state index in [1.165, 1.54) is 25.7 Å². The third-order valence-corrected chi connectivity index (χ3v) is 6.70. The fourth-order valence-electron chi connectivity index (χ4n) is 3.61. The van der Waals surface area contributed by atoms with E-state index in [1.807, 2.05) is 0 Å². The molecule has 9 heteroatoms. The Balaban J connectivity index is 1.87. The number of sulfonamides is 1. The third kappa shape index (κ3) is 5.40. The summed E-state index contributed by atoms with van der Waals surface area (Å²) < 4.78 is 44.6. The van der Waals surface area contributed by atoms with Gasteiger partial charge >= 0.3 is 5.97 Å². The van der Waals surface area contributed by atoms with Crippen LogP contribution in [0.3, 0.4) is 0 Å². The van der Waals surface area contributed by atoms with Crippen molar-refractivity contribution in [2.45, 2.75) is 62.8 Å². The SMILES string of the molecule is CCOC(=O)c1cc(-c2ccc(OC)c(S(=O)(=O)NC3CCCCCCC3)c2)on1. The van der Waals surface area contributed by atoms with Crippen molar-refractivity contribution in [2.24, 2.45) is 0 Å². The van der Waals surface area contributed by atoms with Gasteiger partial charge in [-0.1, -0.05) is 37.3 Å². The Hall–Kier alpha value is -2.39. The number of hydrogen-bond acceptors (Lipinski definition) is 7. The van der Waals surface area contributed by atoms with Crippen LogP contribution in [0.1, 0.15) is 62.4 Å². The maximum Gasteiger partial charge on any atom is 0.360 e. The van der Waals surface area contributed by atoms with E-state index in [9.17, 15) is 13.2 Å². The molecule has 3 rings (SSSR count). The van der Waals surface area contributed by atoms with Gasteiger partial charge in [0.15, 0.2) is 11.5 Å². The monoisotopic (exact) mass is 436 g/mol.